The van der Waals surface area contributed by atoms with Gasteiger partial charge in [-0.2, -0.15) is 0 Å². The molecule has 0 aromatic carbocycles. The van der Waals surface area contributed by atoms with E-state index in [2.05, 4.69) is 19.8 Å². The Labute approximate surface area is 149 Å². The van der Waals surface area contributed by atoms with Crippen LogP contribution in [0.4, 0.5) is 0 Å². The third-order valence-corrected chi connectivity index (χ3v) is 8.77. The van der Waals surface area contributed by atoms with Gasteiger partial charge in [0.05, 0.1) is 0 Å². The van der Waals surface area contributed by atoms with Crippen molar-refractivity contribution >= 4 is 23.4 Å². The third kappa shape index (κ3) is 1.98. The topological polar surface area (TPSA) is 37.4 Å². The monoisotopic (exact) mass is 349 g/mol. The Morgan fingerprint density at radius 3 is 2.62 bits per heavy atom. The van der Waals surface area contributed by atoms with E-state index < -0.39 is 0 Å². The van der Waals surface area contributed by atoms with Crippen molar-refractivity contribution in [2.75, 3.05) is 7.05 Å². The highest BCUT2D eigenvalue weighted by molar-refractivity contribution is 6.31. The van der Waals surface area contributed by atoms with Gasteiger partial charge in [-0.15, -0.1) is 11.6 Å². The van der Waals surface area contributed by atoms with Gasteiger partial charge in [0.2, 0.25) is 5.91 Å². The molecule has 1 heterocycles. The fraction of sp³-hybridized carbons (Fsp3) is 0.850. The highest BCUT2D eigenvalue weighted by atomic mass is 35.5. The third-order valence-electron chi connectivity index (χ3n) is 8.43. The second kappa shape index (κ2) is 5.35. The van der Waals surface area contributed by atoms with Gasteiger partial charge in [0.25, 0.3) is 0 Å². The number of likely N-dealkylation sites (tertiary alicyclic amines) is 1. The Hall–Kier alpha value is -0.790. The Morgan fingerprint density at radius 1 is 1.17 bits per heavy atom. The molecule has 7 atom stereocenters. The van der Waals surface area contributed by atoms with Crippen LogP contribution in [0.1, 0.15) is 58.8 Å². The van der Waals surface area contributed by atoms with Crippen molar-refractivity contribution in [2.45, 2.75) is 70.2 Å². The van der Waals surface area contributed by atoms with Gasteiger partial charge in [0.1, 0.15) is 11.3 Å². The van der Waals surface area contributed by atoms with Crippen LogP contribution in [-0.2, 0) is 9.59 Å². The summed E-state index contributed by atoms with van der Waals surface area (Å²) in [5.41, 5.74) is 1.22. The SMILES string of the molecule is CN1C(=O)C(Cl)C[C@]2(C)[C@H]3CC[C@]4(C)C(=C=O)CC[C@H]4[C@@H]3CC[C@@H]12. The van der Waals surface area contributed by atoms with Gasteiger partial charge >= 0.3 is 0 Å². The van der Waals surface area contributed by atoms with E-state index >= 15 is 0 Å². The summed E-state index contributed by atoms with van der Waals surface area (Å²) in [5, 5.41) is -0.377. The fourth-order valence-corrected chi connectivity index (χ4v) is 7.67. The molecule has 1 aliphatic heterocycles. The molecule has 0 spiro atoms. The predicted octanol–water partition coefficient (Wildman–Crippen LogP) is 3.83. The van der Waals surface area contributed by atoms with Crippen molar-refractivity contribution in [3.63, 3.8) is 0 Å². The lowest BCUT2D eigenvalue weighted by molar-refractivity contribution is -0.155. The average molecular weight is 350 g/mol. The number of rotatable bonds is 0. The predicted molar refractivity (Wildman–Crippen MR) is 94.4 cm³/mol. The zero-order valence-corrected chi connectivity index (χ0v) is 15.7. The summed E-state index contributed by atoms with van der Waals surface area (Å²) in [6.07, 6.45) is 7.39. The number of carbonyl (C=O) groups excluding carboxylic acids is 2. The van der Waals surface area contributed by atoms with Gasteiger partial charge in [-0.05, 0) is 68.1 Å². The van der Waals surface area contributed by atoms with E-state index in [0.29, 0.717) is 23.8 Å². The van der Waals surface area contributed by atoms with E-state index in [1.165, 1.54) is 6.42 Å². The molecule has 4 aliphatic rings. The number of halogens is 1. The number of hydrogen-bond acceptors (Lipinski definition) is 2. The molecule has 0 bridgehead atoms. The molecule has 132 valence electrons. The molecule has 24 heavy (non-hydrogen) atoms. The van der Waals surface area contributed by atoms with E-state index in [1.807, 2.05) is 11.9 Å². The van der Waals surface area contributed by atoms with Crippen molar-refractivity contribution in [2.24, 2.45) is 28.6 Å². The van der Waals surface area contributed by atoms with Gasteiger partial charge in [-0.3, -0.25) is 4.79 Å². The number of nitrogens with zero attached hydrogens (tertiary/aromatic N) is 1. The zero-order chi connectivity index (χ0) is 17.3. The molecule has 4 rings (SSSR count). The second-order valence-electron chi connectivity index (χ2n) is 9.17. The molecular weight excluding hydrogens is 322 g/mol. The quantitative estimate of drug-likeness (QED) is 0.492. The van der Waals surface area contributed by atoms with Crippen LogP contribution in [0.2, 0.25) is 0 Å². The van der Waals surface area contributed by atoms with Gasteiger partial charge < -0.3 is 4.90 Å². The number of amides is 1. The Bertz CT molecular complexity index is 627. The molecule has 3 aliphatic carbocycles. The normalized spacial score (nSPS) is 50.8. The number of piperidine rings is 1. The standard InChI is InChI=1S/C20H28ClNO2/c1-19-9-8-15-13(14(19)6-4-12(19)11-23)5-7-17-20(15,2)10-16(21)18(24)22(17)3/h13-17H,4-10H2,1-3H3/t13-,14-,15-,16?,17+,19+,20+/m0/s1. The van der Waals surface area contributed by atoms with Crippen LogP contribution in [0.15, 0.2) is 5.57 Å². The number of hydrogen-bond donors (Lipinski definition) is 0. The van der Waals surface area contributed by atoms with Crippen LogP contribution in [0.25, 0.3) is 0 Å². The summed E-state index contributed by atoms with van der Waals surface area (Å²) >= 11 is 6.44. The van der Waals surface area contributed by atoms with Crippen LogP contribution < -0.4 is 0 Å². The molecule has 0 N–H and O–H groups in total. The van der Waals surface area contributed by atoms with Gasteiger partial charge in [-0.25, -0.2) is 4.79 Å². The van der Waals surface area contributed by atoms with E-state index in [1.54, 1.807) is 0 Å². The molecule has 4 fully saturated rings. The van der Waals surface area contributed by atoms with Gasteiger partial charge in [0.15, 0.2) is 0 Å². The lowest BCUT2D eigenvalue weighted by Gasteiger charge is -2.61. The van der Waals surface area contributed by atoms with E-state index in [9.17, 15) is 9.59 Å². The molecule has 1 amide bonds. The maximum absolute atomic E-state index is 12.3. The Morgan fingerprint density at radius 2 is 1.92 bits per heavy atom. The Balaban J connectivity index is 1.69. The molecule has 0 radical (unpaired) electrons. The molecule has 0 aromatic rings. The van der Waals surface area contributed by atoms with Crippen molar-refractivity contribution in [1.29, 1.82) is 0 Å². The van der Waals surface area contributed by atoms with E-state index in [4.69, 9.17) is 11.6 Å². The first-order chi connectivity index (χ1) is 11.3. The van der Waals surface area contributed by atoms with Crippen molar-refractivity contribution < 1.29 is 9.59 Å². The van der Waals surface area contributed by atoms with Crippen LogP contribution in [0.3, 0.4) is 0 Å². The number of alkyl halides is 1. The maximum atomic E-state index is 12.3. The second-order valence-corrected chi connectivity index (χ2v) is 9.70. The van der Waals surface area contributed by atoms with Crippen LogP contribution in [0, 0.1) is 28.6 Å². The number of carbonyl (C=O) groups is 1. The molecule has 3 saturated carbocycles. The Kier molecular flexibility index (Phi) is 3.72. The summed E-state index contributed by atoms with van der Waals surface area (Å²) in [6, 6.07) is 0.327. The maximum Gasteiger partial charge on any atom is 0.240 e. The van der Waals surface area contributed by atoms with Crippen molar-refractivity contribution in [1.82, 2.24) is 4.90 Å². The van der Waals surface area contributed by atoms with Crippen LogP contribution >= 0.6 is 11.6 Å². The van der Waals surface area contributed by atoms with Crippen molar-refractivity contribution in [3.8, 4) is 0 Å². The first-order valence-electron chi connectivity index (χ1n) is 9.48. The molecular formula is C20H28ClNO2. The minimum absolute atomic E-state index is 0.0723. The summed E-state index contributed by atoms with van der Waals surface area (Å²) in [6.45, 7) is 4.68. The van der Waals surface area contributed by atoms with Gasteiger partial charge in [-0.1, -0.05) is 13.8 Å². The smallest absolute Gasteiger partial charge is 0.240 e. The first kappa shape index (κ1) is 16.7. The van der Waals surface area contributed by atoms with E-state index in [0.717, 1.165) is 44.1 Å². The highest BCUT2D eigenvalue weighted by Crippen LogP contribution is 2.65. The summed E-state index contributed by atoms with van der Waals surface area (Å²) in [7, 11) is 1.94. The van der Waals surface area contributed by atoms with Crippen molar-refractivity contribution in [3.05, 3.63) is 5.57 Å². The molecule has 0 aromatic heterocycles. The summed E-state index contributed by atoms with van der Waals surface area (Å²) in [5.74, 6) is 4.28. The van der Waals surface area contributed by atoms with Crippen LogP contribution in [0.5, 0.6) is 0 Å². The first-order valence-corrected chi connectivity index (χ1v) is 9.92. The zero-order valence-electron chi connectivity index (χ0n) is 15.0. The fourth-order valence-electron chi connectivity index (χ4n) is 7.19. The lowest BCUT2D eigenvalue weighted by atomic mass is 9.47. The summed E-state index contributed by atoms with van der Waals surface area (Å²) < 4.78 is 0. The van der Waals surface area contributed by atoms with Gasteiger partial charge in [0, 0.05) is 24.1 Å². The van der Waals surface area contributed by atoms with Crippen LogP contribution in [-0.4, -0.2) is 35.2 Å². The molecule has 1 unspecified atom stereocenters. The largest absolute Gasteiger partial charge is 0.341 e. The number of allylic oxidation sites excluding steroid dienone is 1. The summed E-state index contributed by atoms with van der Waals surface area (Å²) in [4.78, 5) is 25.7. The average Bonchev–Trinajstić information content (AvgIpc) is 2.89. The molecule has 1 saturated heterocycles. The molecule has 3 nitrogen and oxygen atoms in total. The molecule has 4 heteroatoms. The number of fused-ring (bicyclic) bond motifs is 5. The highest BCUT2D eigenvalue weighted by Gasteiger charge is 2.61. The minimum Gasteiger partial charge on any atom is -0.341 e. The van der Waals surface area contributed by atoms with E-state index in [-0.39, 0.29) is 22.1 Å². The minimum atomic E-state index is -0.377. The lowest BCUT2D eigenvalue weighted by Crippen LogP contribution is -2.63.